The fourth-order valence-corrected chi connectivity index (χ4v) is 2.16. The molecular weight excluding hydrogens is 274 g/mol. The molecule has 2 rings (SSSR count). The second-order valence-corrected chi connectivity index (χ2v) is 4.65. The van der Waals surface area contributed by atoms with Crippen molar-refractivity contribution in [3.63, 3.8) is 0 Å². The Hall–Kier alpha value is -2.00. The summed E-state index contributed by atoms with van der Waals surface area (Å²) in [6.45, 7) is 6.57. The maximum absolute atomic E-state index is 12.0. The van der Waals surface area contributed by atoms with Crippen molar-refractivity contribution in [1.29, 1.82) is 0 Å². The van der Waals surface area contributed by atoms with Gasteiger partial charge in [-0.05, 0) is 48.9 Å². The molecule has 1 heterocycles. The largest absolute Gasteiger partial charge is 0.490 e. The molecule has 0 radical (unpaired) electrons. The number of halogens is 1. The average Bonchev–Trinajstić information content (AvgIpc) is 2.48. The zero-order chi connectivity index (χ0) is 14.5. The Morgan fingerprint density at radius 3 is 2.55 bits per heavy atom. The summed E-state index contributed by atoms with van der Waals surface area (Å²) >= 11 is 5.87. The standard InChI is InChI=1S/C16H16ClNO2/c1-3-11-20-13-7-5-12(6-8-13)15-10-9-14(17)16(19)18(15)4-2/h3,5-10H,1,4,11H2,2H3. The molecule has 0 bridgehead atoms. The Labute approximate surface area is 123 Å². The zero-order valence-electron chi connectivity index (χ0n) is 11.3. The van der Waals surface area contributed by atoms with Gasteiger partial charge in [-0.25, -0.2) is 0 Å². The molecule has 0 atom stereocenters. The van der Waals surface area contributed by atoms with Crippen molar-refractivity contribution in [3.8, 4) is 17.0 Å². The van der Waals surface area contributed by atoms with Crippen molar-refractivity contribution in [2.24, 2.45) is 0 Å². The van der Waals surface area contributed by atoms with Crippen LogP contribution in [-0.2, 0) is 6.54 Å². The summed E-state index contributed by atoms with van der Waals surface area (Å²) in [6, 6.07) is 11.1. The van der Waals surface area contributed by atoms with Crippen LogP contribution in [0.4, 0.5) is 0 Å². The van der Waals surface area contributed by atoms with Crippen molar-refractivity contribution in [1.82, 2.24) is 4.57 Å². The number of ether oxygens (including phenoxy) is 1. The first-order valence-electron chi connectivity index (χ1n) is 6.41. The van der Waals surface area contributed by atoms with E-state index in [2.05, 4.69) is 6.58 Å². The molecule has 0 aliphatic heterocycles. The Kier molecular flexibility index (Phi) is 4.64. The Bertz CT molecular complexity index is 659. The summed E-state index contributed by atoms with van der Waals surface area (Å²) < 4.78 is 7.09. The van der Waals surface area contributed by atoms with Gasteiger partial charge in [0, 0.05) is 6.54 Å². The van der Waals surface area contributed by atoms with Crippen LogP contribution in [0.5, 0.6) is 5.75 Å². The molecule has 0 amide bonds. The monoisotopic (exact) mass is 289 g/mol. The predicted octanol–water partition coefficient (Wildman–Crippen LogP) is 3.75. The SMILES string of the molecule is C=CCOc1ccc(-c2ccc(Cl)c(=O)n2CC)cc1. The molecule has 1 aromatic carbocycles. The van der Waals surface area contributed by atoms with Gasteiger partial charge in [0.2, 0.25) is 0 Å². The maximum atomic E-state index is 12.0. The first-order chi connectivity index (χ1) is 9.67. The van der Waals surface area contributed by atoms with E-state index in [4.69, 9.17) is 16.3 Å². The third kappa shape index (κ3) is 2.94. The van der Waals surface area contributed by atoms with Gasteiger partial charge in [-0.15, -0.1) is 0 Å². The van der Waals surface area contributed by atoms with Crippen molar-refractivity contribution in [2.45, 2.75) is 13.5 Å². The lowest BCUT2D eigenvalue weighted by Gasteiger charge is -2.12. The normalized spacial score (nSPS) is 10.3. The topological polar surface area (TPSA) is 31.2 Å². The van der Waals surface area contributed by atoms with Crippen LogP contribution in [0, 0.1) is 0 Å². The van der Waals surface area contributed by atoms with Crippen LogP contribution in [0.2, 0.25) is 5.02 Å². The van der Waals surface area contributed by atoms with Crippen molar-refractivity contribution >= 4 is 11.6 Å². The van der Waals surface area contributed by atoms with E-state index in [-0.39, 0.29) is 10.6 Å². The van der Waals surface area contributed by atoms with E-state index in [1.54, 1.807) is 16.7 Å². The van der Waals surface area contributed by atoms with E-state index in [0.717, 1.165) is 17.0 Å². The van der Waals surface area contributed by atoms with E-state index in [9.17, 15) is 4.79 Å². The Balaban J connectivity index is 2.39. The average molecular weight is 290 g/mol. The van der Waals surface area contributed by atoms with Crippen LogP contribution in [0.1, 0.15) is 6.92 Å². The van der Waals surface area contributed by atoms with Crippen LogP contribution < -0.4 is 10.3 Å². The number of aromatic nitrogens is 1. The first-order valence-corrected chi connectivity index (χ1v) is 6.78. The second kappa shape index (κ2) is 6.44. The smallest absolute Gasteiger partial charge is 0.269 e. The minimum Gasteiger partial charge on any atom is -0.490 e. The number of hydrogen-bond donors (Lipinski definition) is 0. The molecule has 4 heteroatoms. The Morgan fingerprint density at radius 2 is 1.95 bits per heavy atom. The van der Waals surface area contributed by atoms with Gasteiger partial charge in [0.25, 0.3) is 5.56 Å². The van der Waals surface area contributed by atoms with Crippen LogP contribution >= 0.6 is 11.6 Å². The molecule has 20 heavy (non-hydrogen) atoms. The van der Waals surface area contributed by atoms with E-state index >= 15 is 0 Å². The van der Waals surface area contributed by atoms with Gasteiger partial charge >= 0.3 is 0 Å². The fourth-order valence-electron chi connectivity index (χ4n) is 1.99. The molecule has 0 fully saturated rings. The number of rotatable bonds is 5. The molecule has 0 saturated heterocycles. The summed E-state index contributed by atoms with van der Waals surface area (Å²) in [6.07, 6.45) is 1.70. The highest BCUT2D eigenvalue weighted by Crippen LogP contribution is 2.22. The van der Waals surface area contributed by atoms with Gasteiger partial charge in [-0.2, -0.15) is 0 Å². The molecule has 0 aliphatic rings. The van der Waals surface area contributed by atoms with E-state index in [1.165, 1.54) is 0 Å². The summed E-state index contributed by atoms with van der Waals surface area (Å²) in [7, 11) is 0. The summed E-state index contributed by atoms with van der Waals surface area (Å²) in [5.74, 6) is 0.771. The fraction of sp³-hybridized carbons (Fsp3) is 0.188. The molecular formula is C16H16ClNO2. The molecule has 0 saturated carbocycles. The highest BCUT2D eigenvalue weighted by molar-refractivity contribution is 6.30. The first kappa shape index (κ1) is 14.4. The minimum atomic E-state index is -0.168. The third-order valence-corrected chi connectivity index (χ3v) is 3.25. The predicted molar refractivity (Wildman–Crippen MR) is 82.5 cm³/mol. The molecule has 0 N–H and O–H groups in total. The van der Waals surface area contributed by atoms with Crippen LogP contribution in [0.25, 0.3) is 11.3 Å². The molecule has 0 spiro atoms. The lowest BCUT2D eigenvalue weighted by atomic mass is 10.1. The quantitative estimate of drug-likeness (QED) is 0.785. The van der Waals surface area contributed by atoms with E-state index in [0.29, 0.717) is 13.2 Å². The lowest BCUT2D eigenvalue weighted by molar-refractivity contribution is 0.363. The van der Waals surface area contributed by atoms with Crippen molar-refractivity contribution < 1.29 is 4.74 Å². The van der Waals surface area contributed by atoms with Gasteiger partial charge in [0.1, 0.15) is 17.4 Å². The Morgan fingerprint density at radius 1 is 1.25 bits per heavy atom. The van der Waals surface area contributed by atoms with Crippen molar-refractivity contribution in [3.05, 3.63) is 64.4 Å². The van der Waals surface area contributed by atoms with Gasteiger partial charge in [0.15, 0.2) is 0 Å². The van der Waals surface area contributed by atoms with Crippen LogP contribution in [0.3, 0.4) is 0 Å². The van der Waals surface area contributed by atoms with Gasteiger partial charge in [-0.1, -0.05) is 24.3 Å². The van der Waals surface area contributed by atoms with Crippen LogP contribution in [0.15, 0.2) is 53.8 Å². The highest BCUT2D eigenvalue weighted by atomic mass is 35.5. The summed E-state index contributed by atoms with van der Waals surface area (Å²) in [5.41, 5.74) is 1.63. The summed E-state index contributed by atoms with van der Waals surface area (Å²) in [5, 5.41) is 0.238. The van der Waals surface area contributed by atoms with E-state index < -0.39 is 0 Å². The zero-order valence-corrected chi connectivity index (χ0v) is 12.1. The molecule has 104 valence electrons. The molecule has 2 aromatic rings. The highest BCUT2D eigenvalue weighted by Gasteiger charge is 2.08. The third-order valence-electron chi connectivity index (χ3n) is 2.96. The number of pyridine rings is 1. The van der Waals surface area contributed by atoms with Crippen molar-refractivity contribution in [2.75, 3.05) is 6.61 Å². The van der Waals surface area contributed by atoms with Gasteiger partial charge in [-0.3, -0.25) is 4.79 Å². The lowest BCUT2D eigenvalue weighted by Crippen LogP contribution is -2.20. The van der Waals surface area contributed by atoms with Crippen LogP contribution in [-0.4, -0.2) is 11.2 Å². The maximum Gasteiger partial charge on any atom is 0.269 e. The van der Waals surface area contributed by atoms with E-state index in [1.807, 2.05) is 37.3 Å². The molecule has 1 aromatic heterocycles. The second-order valence-electron chi connectivity index (χ2n) is 4.24. The molecule has 0 unspecified atom stereocenters. The van der Waals surface area contributed by atoms with Gasteiger partial charge < -0.3 is 9.30 Å². The van der Waals surface area contributed by atoms with Gasteiger partial charge in [0.05, 0.1) is 5.69 Å². The number of hydrogen-bond acceptors (Lipinski definition) is 2. The molecule has 3 nitrogen and oxygen atoms in total. The summed E-state index contributed by atoms with van der Waals surface area (Å²) in [4.78, 5) is 12.0. The number of benzene rings is 1. The molecule has 0 aliphatic carbocycles. The minimum absolute atomic E-state index is 0.168. The number of nitrogens with zero attached hydrogens (tertiary/aromatic N) is 1.